The number of aryl methyl sites for hydroxylation is 1. The van der Waals surface area contributed by atoms with Gasteiger partial charge in [-0.15, -0.1) is 0 Å². The van der Waals surface area contributed by atoms with Gasteiger partial charge in [0.15, 0.2) is 0 Å². The number of rotatable bonds is 3. The van der Waals surface area contributed by atoms with E-state index in [0.29, 0.717) is 0 Å². The molecule has 1 aromatic heterocycles. The van der Waals surface area contributed by atoms with Crippen LogP contribution in [-0.4, -0.2) is 18.6 Å². The van der Waals surface area contributed by atoms with Crippen LogP contribution in [0.25, 0.3) is 10.8 Å². The lowest BCUT2D eigenvalue weighted by atomic mass is 10.0. The molecule has 1 heterocycles. The molecule has 3 heteroatoms. The minimum Gasteiger partial charge on any atom is -0.398 e. The van der Waals surface area contributed by atoms with E-state index >= 15 is 0 Å². The van der Waals surface area contributed by atoms with Crippen LogP contribution in [0.15, 0.2) is 24.4 Å². The van der Waals surface area contributed by atoms with Gasteiger partial charge >= 0.3 is 0 Å². The Balaban J connectivity index is 1.97. The second kappa shape index (κ2) is 5.31. The van der Waals surface area contributed by atoms with Gasteiger partial charge in [0.25, 0.3) is 0 Å². The molecular formula is C17H23N3. The summed E-state index contributed by atoms with van der Waals surface area (Å²) in [6.45, 7) is 3.17. The fourth-order valence-electron chi connectivity index (χ4n) is 3.36. The number of nitrogens with zero attached hydrogens (tertiary/aromatic N) is 2. The van der Waals surface area contributed by atoms with Crippen LogP contribution < -0.4 is 10.6 Å². The monoisotopic (exact) mass is 269 g/mol. The van der Waals surface area contributed by atoms with Gasteiger partial charge in [-0.1, -0.05) is 12.8 Å². The quantitative estimate of drug-likeness (QED) is 0.863. The van der Waals surface area contributed by atoms with Crippen molar-refractivity contribution >= 4 is 22.1 Å². The molecule has 1 aliphatic rings. The molecule has 0 radical (unpaired) electrons. The van der Waals surface area contributed by atoms with E-state index in [1.54, 1.807) is 0 Å². The second-order valence-corrected chi connectivity index (χ2v) is 6.08. The lowest BCUT2D eigenvalue weighted by Gasteiger charge is -2.25. The molecule has 0 spiro atoms. The zero-order valence-electron chi connectivity index (χ0n) is 12.4. The molecule has 0 amide bonds. The molecule has 3 nitrogen and oxygen atoms in total. The molecule has 20 heavy (non-hydrogen) atoms. The van der Waals surface area contributed by atoms with Crippen molar-refractivity contribution < 1.29 is 0 Å². The van der Waals surface area contributed by atoms with Crippen LogP contribution in [0.4, 0.5) is 11.4 Å². The van der Waals surface area contributed by atoms with Gasteiger partial charge in [0.05, 0.1) is 0 Å². The lowest BCUT2D eigenvalue weighted by Crippen LogP contribution is -2.24. The Kier molecular flexibility index (Phi) is 3.51. The minimum atomic E-state index is 0.811. The van der Waals surface area contributed by atoms with E-state index in [2.05, 4.69) is 29.1 Å². The highest BCUT2D eigenvalue weighted by molar-refractivity contribution is 6.01. The van der Waals surface area contributed by atoms with Gasteiger partial charge in [-0.3, -0.25) is 4.98 Å². The standard InChI is InChI=1S/C17H23N3/c1-12-9-14-15(10-19-12)16(18)7-8-17(14)20(2)11-13-5-3-4-6-13/h7-10,13H,3-6,11,18H2,1-2H3. The van der Waals surface area contributed by atoms with Crippen LogP contribution in [0.5, 0.6) is 0 Å². The number of nitrogen functional groups attached to an aromatic ring is 1. The van der Waals surface area contributed by atoms with Crippen LogP contribution in [0.1, 0.15) is 31.4 Å². The Hall–Kier alpha value is -1.77. The largest absolute Gasteiger partial charge is 0.398 e. The van der Waals surface area contributed by atoms with Crippen molar-refractivity contribution in [2.24, 2.45) is 5.92 Å². The van der Waals surface area contributed by atoms with Crippen molar-refractivity contribution in [1.82, 2.24) is 4.98 Å². The average Bonchev–Trinajstić information content (AvgIpc) is 2.91. The van der Waals surface area contributed by atoms with E-state index in [9.17, 15) is 0 Å². The zero-order chi connectivity index (χ0) is 14.1. The van der Waals surface area contributed by atoms with E-state index in [1.807, 2.05) is 19.2 Å². The van der Waals surface area contributed by atoms with Crippen LogP contribution in [0.3, 0.4) is 0 Å². The molecule has 1 aromatic carbocycles. The molecule has 1 saturated carbocycles. The molecule has 0 atom stereocenters. The molecule has 2 N–H and O–H groups in total. The predicted octanol–water partition coefficient (Wildman–Crippen LogP) is 3.75. The third-order valence-corrected chi connectivity index (χ3v) is 4.47. The fourth-order valence-corrected chi connectivity index (χ4v) is 3.36. The first-order valence-corrected chi connectivity index (χ1v) is 7.51. The van der Waals surface area contributed by atoms with Gasteiger partial charge < -0.3 is 10.6 Å². The SMILES string of the molecule is Cc1cc2c(N(C)CC3CCCC3)ccc(N)c2cn1. The predicted molar refractivity (Wildman–Crippen MR) is 86.1 cm³/mol. The summed E-state index contributed by atoms with van der Waals surface area (Å²) in [7, 11) is 2.19. The maximum atomic E-state index is 6.08. The first-order valence-electron chi connectivity index (χ1n) is 7.51. The van der Waals surface area contributed by atoms with Crippen molar-refractivity contribution in [2.45, 2.75) is 32.6 Å². The fraction of sp³-hybridized carbons (Fsp3) is 0.471. The van der Waals surface area contributed by atoms with Gasteiger partial charge in [-0.25, -0.2) is 0 Å². The Morgan fingerprint density at radius 3 is 2.75 bits per heavy atom. The molecule has 106 valence electrons. The van der Waals surface area contributed by atoms with Crippen molar-refractivity contribution in [3.8, 4) is 0 Å². The lowest BCUT2D eigenvalue weighted by molar-refractivity contribution is 0.547. The summed E-state index contributed by atoms with van der Waals surface area (Å²) in [5, 5.41) is 2.28. The summed E-state index contributed by atoms with van der Waals surface area (Å²) in [5.74, 6) is 0.843. The number of anilines is 2. The van der Waals surface area contributed by atoms with Gasteiger partial charge in [-0.2, -0.15) is 0 Å². The molecule has 0 bridgehead atoms. The molecular weight excluding hydrogens is 246 g/mol. The summed E-state index contributed by atoms with van der Waals surface area (Å²) in [6.07, 6.45) is 7.43. The molecule has 0 unspecified atom stereocenters. The van der Waals surface area contributed by atoms with E-state index in [4.69, 9.17) is 5.73 Å². The van der Waals surface area contributed by atoms with E-state index in [1.165, 1.54) is 36.8 Å². The number of benzene rings is 1. The molecule has 0 aliphatic heterocycles. The number of hydrogen-bond donors (Lipinski definition) is 1. The summed E-state index contributed by atoms with van der Waals surface area (Å²) in [6, 6.07) is 6.29. The first-order chi connectivity index (χ1) is 9.65. The van der Waals surface area contributed by atoms with E-state index < -0.39 is 0 Å². The van der Waals surface area contributed by atoms with Gasteiger partial charge in [0, 0.05) is 47.6 Å². The highest BCUT2D eigenvalue weighted by atomic mass is 15.1. The number of fused-ring (bicyclic) bond motifs is 1. The third-order valence-electron chi connectivity index (χ3n) is 4.47. The van der Waals surface area contributed by atoms with Crippen molar-refractivity contribution in [3.63, 3.8) is 0 Å². The van der Waals surface area contributed by atoms with Gasteiger partial charge in [0.1, 0.15) is 0 Å². The maximum Gasteiger partial charge on any atom is 0.0446 e. The minimum absolute atomic E-state index is 0.811. The van der Waals surface area contributed by atoms with Crippen LogP contribution in [0.2, 0.25) is 0 Å². The summed E-state index contributed by atoms with van der Waals surface area (Å²) in [4.78, 5) is 6.76. The number of aromatic nitrogens is 1. The molecule has 0 saturated heterocycles. The second-order valence-electron chi connectivity index (χ2n) is 6.08. The first kappa shape index (κ1) is 13.2. The van der Waals surface area contributed by atoms with Crippen molar-refractivity contribution in [1.29, 1.82) is 0 Å². The topological polar surface area (TPSA) is 42.1 Å². The number of nitrogens with two attached hydrogens (primary N) is 1. The summed E-state index contributed by atoms with van der Waals surface area (Å²) in [5.41, 5.74) is 9.20. The molecule has 1 fully saturated rings. The van der Waals surface area contributed by atoms with Crippen molar-refractivity contribution in [2.75, 3.05) is 24.2 Å². The Morgan fingerprint density at radius 2 is 2.00 bits per heavy atom. The molecule has 1 aliphatic carbocycles. The third kappa shape index (κ3) is 2.45. The van der Waals surface area contributed by atoms with Crippen LogP contribution >= 0.6 is 0 Å². The van der Waals surface area contributed by atoms with E-state index in [-0.39, 0.29) is 0 Å². The zero-order valence-corrected chi connectivity index (χ0v) is 12.4. The highest BCUT2D eigenvalue weighted by Gasteiger charge is 2.18. The smallest absolute Gasteiger partial charge is 0.0446 e. The number of pyridine rings is 1. The Morgan fingerprint density at radius 1 is 1.25 bits per heavy atom. The normalized spacial score (nSPS) is 15.9. The average molecular weight is 269 g/mol. The molecule has 3 rings (SSSR count). The highest BCUT2D eigenvalue weighted by Crippen LogP contribution is 2.32. The van der Waals surface area contributed by atoms with Crippen LogP contribution in [-0.2, 0) is 0 Å². The summed E-state index contributed by atoms with van der Waals surface area (Å²) < 4.78 is 0. The van der Waals surface area contributed by atoms with Crippen LogP contribution in [0, 0.1) is 12.8 Å². The van der Waals surface area contributed by atoms with Gasteiger partial charge in [0.2, 0.25) is 0 Å². The maximum absolute atomic E-state index is 6.08. The van der Waals surface area contributed by atoms with Gasteiger partial charge in [-0.05, 0) is 43.9 Å². The molecule has 2 aromatic rings. The van der Waals surface area contributed by atoms with Crippen molar-refractivity contribution in [3.05, 3.63) is 30.1 Å². The van der Waals surface area contributed by atoms with E-state index in [0.717, 1.165) is 29.2 Å². The Labute approximate surface area is 120 Å². The summed E-state index contributed by atoms with van der Waals surface area (Å²) >= 11 is 0. The number of hydrogen-bond acceptors (Lipinski definition) is 3. The Bertz CT molecular complexity index is 615.